The third-order valence-corrected chi connectivity index (χ3v) is 3.73. The van der Waals surface area contributed by atoms with E-state index in [4.69, 9.17) is 4.74 Å². The number of benzene rings is 1. The third-order valence-electron chi connectivity index (χ3n) is 3.73. The highest BCUT2D eigenvalue weighted by atomic mass is 16.5. The van der Waals surface area contributed by atoms with Crippen molar-refractivity contribution in [3.63, 3.8) is 0 Å². The molecule has 0 radical (unpaired) electrons. The summed E-state index contributed by atoms with van der Waals surface area (Å²) in [4.78, 5) is 0. The maximum Gasteiger partial charge on any atom is 0.0772 e. The minimum absolute atomic E-state index is 0.365. The summed E-state index contributed by atoms with van der Waals surface area (Å²) in [6.07, 6.45) is 5.36. The SMILES string of the molecule is COC1CCCCC1Nc1ccc(C)cc1C. The number of nitrogens with one attached hydrogen (secondary N) is 1. The summed E-state index contributed by atoms with van der Waals surface area (Å²) in [5.41, 5.74) is 3.90. The van der Waals surface area contributed by atoms with Gasteiger partial charge in [0.2, 0.25) is 0 Å². The summed E-state index contributed by atoms with van der Waals surface area (Å²) >= 11 is 0. The van der Waals surface area contributed by atoms with E-state index in [1.54, 1.807) is 0 Å². The Morgan fingerprint density at radius 3 is 2.65 bits per heavy atom. The summed E-state index contributed by atoms with van der Waals surface area (Å²) in [6, 6.07) is 7.05. The minimum atomic E-state index is 0.365. The minimum Gasteiger partial charge on any atom is -0.379 e. The maximum atomic E-state index is 5.58. The first kappa shape index (κ1) is 12.4. The molecule has 1 aromatic rings. The molecule has 2 unspecified atom stereocenters. The molecule has 0 aliphatic heterocycles. The lowest BCUT2D eigenvalue weighted by Gasteiger charge is -2.32. The highest BCUT2D eigenvalue weighted by Gasteiger charge is 2.24. The van der Waals surface area contributed by atoms with Crippen molar-refractivity contribution >= 4 is 5.69 Å². The van der Waals surface area contributed by atoms with E-state index >= 15 is 0 Å². The van der Waals surface area contributed by atoms with E-state index in [1.807, 2.05) is 7.11 Å². The zero-order valence-electron chi connectivity index (χ0n) is 11.1. The molecule has 0 amide bonds. The van der Waals surface area contributed by atoms with E-state index in [9.17, 15) is 0 Å². The van der Waals surface area contributed by atoms with E-state index in [1.165, 1.54) is 42.5 Å². The van der Waals surface area contributed by atoms with Crippen molar-refractivity contribution in [2.75, 3.05) is 12.4 Å². The molecule has 0 aromatic heterocycles. The molecular weight excluding hydrogens is 210 g/mol. The molecule has 1 aliphatic carbocycles. The lowest BCUT2D eigenvalue weighted by molar-refractivity contribution is 0.0606. The normalized spacial score (nSPS) is 24.6. The zero-order chi connectivity index (χ0) is 12.3. The van der Waals surface area contributed by atoms with Crippen molar-refractivity contribution in [2.45, 2.75) is 51.7 Å². The number of aryl methyl sites for hydroxylation is 2. The van der Waals surface area contributed by atoms with Gasteiger partial charge in [0, 0.05) is 12.8 Å². The Hall–Kier alpha value is -1.02. The van der Waals surface area contributed by atoms with Crippen molar-refractivity contribution in [3.8, 4) is 0 Å². The first-order valence-corrected chi connectivity index (χ1v) is 6.57. The lowest BCUT2D eigenvalue weighted by Crippen LogP contribution is -2.37. The average Bonchev–Trinajstić information content (AvgIpc) is 2.33. The van der Waals surface area contributed by atoms with Gasteiger partial charge < -0.3 is 10.1 Å². The van der Waals surface area contributed by atoms with Gasteiger partial charge in [-0.15, -0.1) is 0 Å². The van der Waals surface area contributed by atoms with Crippen molar-refractivity contribution in [1.82, 2.24) is 0 Å². The summed E-state index contributed by atoms with van der Waals surface area (Å²) in [5.74, 6) is 0. The Labute approximate surface area is 104 Å². The maximum absolute atomic E-state index is 5.58. The Bertz CT molecular complexity index is 375. The fourth-order valence-corrected chi connectivity index (χ4v) is 2.72. The van der Waals surface area contributed by atoms with Gasteiger partial charge in [0.1, 0.15) is 0 Å². The van der Waals surface area contributed by atoms with Gasteiger partial charge in [0.05, 0.1) is 12.1 Å². The van der Waals surface area contributed by atoms with Gasteiger partial charge in [0.15, 0.2) is 0 Å². The molecule has 0 saturated heterocycles. The summed E-state index contributed by atoms with van der Waals surface area (Å²) < 4.78 is 5.58. The molecule has 0 spiro atoms. The number of methoxy groups -OCH3 is 1. The van der Waals surface area contributed by atoms with Crippen LogP contribution in [0.3, 0.4) is 0 Å². The molecule has 17 heavy (non-hydrogen) atoms. The Balaban J connectivity index is 2.08. The lowest BCUT2D eigenvalue weighted by atomic mass is 9.92. The van der Waals surface area contributed by atoms with Gasteiger partial charge in [-0.25, -0.2) is 0 Å². The number of hydrogen-bond donors (Lipinski definition) is 1. The smallest absolute Gasteiger partial charge is 0.0772 e. The topological polar surface area (TPSA) is 21.3 Å². The molecule has 1 fully saturated rings. The van der Waals surface area contributed by atoms with Gasteiger partial charge >= 0.3 is 0 Å². The van der Waals surface area contributed by atoms with Crippen LogP contribution in [0.5, 0.6) is 0 Å². The monoisotopic (exact) mass is 233 g/mol. The van der Waals surface area contributed by atoms with Crippen molar-refractivity contribution < 1.29 is 4.74 Å². The number of hydrogen-bond acceptors (Lipinski definition) is 2. The molecule has 2 nitrogen and oxygen atoms in total. The second-order valence-electron chi connectivity index (χ2n) is 5.13. The Morgan fingerprint density at radius 1 is 1.18 bits per heavy atom. The molecule has 0 heterocycles. The van der Waals surface area contributed by atoms with Gasteiger partial charge in [-0.05, 0) is 38.3 Å². The standard InChI is InChI=1S/C15H23NO/c1-11-8-9-13(12(2)10-11)16-14-6-4-5-7-15(14)17-3/h8-10,14-16H,4-7H2,1-3H3. The molecule has 0 bridgehead atoms. The van der Waals surface area contributed by atoms with Crippen LogP contribution in [0.2, 0.25) is 0 Å². The van der Waals surface area contributed by atoms with E-state index in [0.717, 1.165) is 0 Å². The first-order chi connectivity index (χ1) is 8.20. The molecule has 2 rings (SSSR count). The van der Waals surface area contributed by atoms with Crippen LogP contribution in [0.25, 0.3) is 0 Å². The van der Waals surface area contributed by atoms with Crippen LogP contribution in [0, 0.1) is 13.8 Å². The molecule has 1 aliphatic rings. The molecule has 94 valence electrons. The summed E-state index contributed by atoms with van der Waals surface area (Å²) in [5, 5.41) is 3.65. The highest BCUT2D eigenvalue weighted by Crippen LogP contribution is 2.25. The fourth-order valence-electron chi connectivity index (χ4n) is 2.72. The van der Waals surface area contributed by atoms with Crippen LogP contribution >= 0.6 is 0 Å². The molecule has 2 heteroatoms. The largest absolute Gasteiger partial charge is 0.379 e. The molecule has 1 aromatic carbocycles. The predicted molar refractivity (Wildman–Crippen MR) is 72.6 cm³/mol. The van der Waals surface area contributed by atoms with Crippen LogP contribution in [0.15, 0.2) is 18.2 Å². The molecule has 2 atom stereocenters. The summed E-state index contributed by atoms with van der Waals surface area (Å²) in [6.45, 7) is 4.30. The van der Waals surface area contributed by atoms with E-state index in [2.05, 4.69) is 37.4 Å². The number of ether oxygens (including phenoxy) is 1. The second-order valence-corrected chi connectivity index (χ2v) is 5.13. The molecule has 1 N–H and O–H groups in total. The Morgan fingerprint density at radius 2 is 1.94 bits per heavy atom. The third kappa shape index (κ3) is 3.01. The van der Waals surface area contributed by atoms with Crippen LogP contribution in [-0.4, -0.2) is 19.3 Å². The van der Waals surface area contributed by atoms with E-state index < -0.39 is 0 Å². The second kappa shape index (κ2) is 5.54. The van der Waals surface area contributed by atoms with Gasteiger partial charge in [-0.2, -0.15) is 0 Å². The van der Waals surface area contributed by atoms with Crippen LogP contribution in [0.1, 0.15) is 36.8 Å². The van der Waals surface area contributed by atoms with E-state index in [-0.39, 0.29) is 0 Å². The highest BCUT2D eigenvalue weighted by molar-refractivity contribution is 5.52. The number of anilines is 1. The summed E-state index contributed by atoms with van der Waals surface area (Å²) in [7, 11) is 1.83. The van der Waals surface area contributed by atoms with Crippen molar-refractivity contribution in [1.29, 1.82) is 0 Å². The molecular formula is C15H23NO. The molecule has 1 saturated carbocycles. The Kier molecular flexibility index (Phi) is 4.06. The van der Waals surface area contributed by atoms with E-state index in [0.29, 0.717) is 12.1 Å². The first-order valence-electron chi connectivity index (χ1n) is 6.57. The van der Waals surface area contributed by atoms with Crippen molar-refractivity contribution in [2.24, 2.45) is 0 Å². The predicted octanol–water partition coefficient (Wildman–Crippen LogP) is 3.67. The number of rotatable bonds is 3. The van der Waals surface area contributed by atoms with Gasteiger partial charge in [0.25, 0.3) is 0 Å². The van der Waals surface area contributed by atoms with Crippen LogP contribution < -0.4 is 5.32 Å². The van der Waals surface area contributed by atoms with Gasteiger partial charge in [-0.3, -0.25) is 0 Å². The van der Waals surface area contributed by atoms with Crippen LogP contribution in [-0.2, 0) is 4.74 Å². The fraction of sp³-hybridized carbons (Fsp3) is 0.600. The average molecular weight is 233 g/mol. The quantitative estimate of drug-likeness (QED) is 0.860. The zero-order valence-corrected chi connectivity index (χ0v) is 11.1. The van der Waals surface area contributed by atoms with Gasteiger partial charge in [-0.1, -0.05) is 30.5 Å². The van der Waals surface area contributed by atoms with Crippen molar-refractivity contribution in [3.05, 3.63) is 29.3 Å². The van der Waals surface area contributed by atoms with Crippen LogP contribution in [0.4, 0.5) is 5.69 Å².